The first-order valence-electron chi connectivity index (χ1n) is 7.16. The fraction of sp³-hybridized carbons (Fsp3) is 0.438. The number of aryl methyl sites for hydroxylation is 2. The molecule has 21 heavy (non-hydrogen) atoms. The van der Waals surface area contributed by atoms with Crippen LogP contribution in [0.5, 0.6) is 5.75 Å². The first kappa shape index (κ1) is 16.0. The van der Waals surface area contributed by atoms with Crippen LogP contribution in [-0.4, -0.2) is 22.0 Å². The number of methoxy groups -OCH3 is 1. The number of hydrogen-bond acceptors (Lipinski definition) is 3. The molecule has 1 heterocycles. The smallest absolute Gasteiger partial charge is 0.125 e. The summed E-state index contributed by atoms with van der Waals surface area (Å²) in [4.78, 5) is 0. The second kappa shape index (κ2) is 7.09. The lowest BCUT2D eigenvalue weighted by atomic mass is 10.0. The SMILES string of the molecule is CCc1cc(CC(O)c2ccc(Br)cc2OC)n(CC)n1. The second-order valence-corrected chi connectivity index (χ2v) is 5.82. The van der Waals surface area contributed by atoms with Crippen LogP contribution in [0.1, 0.15) is 36.9 Å². The highest BCUT2D eigenvalue weighted by Crippen LogP contribution is 2.30. The van der Waals surface area contributed by atoms with Crippen LogP contribution in [0, 0.1) is 0 Å². The van der Waals surface area contributed by atoms with E-state index in [1.54, 1.807) is 7.11 Å². The van der Waals surface area contributed by atoms with Gasteiger partial charge >= 0.3 is 0 Å². The lowest BCUT2D eigenvalue weighted by Gasteiger charge is -2.15. The van der Waals surface area contributed by atoms with Crippen molar-refractivity contribution in [1.82, 2.24) is 9.78 Å². The highest BCUT2D eigenvalue weighted by atomic mass is 79.9. The fourth-order valence-electron chi connectivity index (χ4n) is 2.39. The van der Waals surface area contributed by atoms with Crippen LogP contribution in [0.25, 0.3) is 0 Å². The molecule has 0 spiro atoms. The summed E-state index contributed by atoms with van der Waals surface area (Å²) in [6.45, 7) is 4.95. The number of aliphatic hydroxyl groups excluding tert-OH is 1. The average molecular weight is 353 g/mol. The number of aliphatic hydroxyl groups is 1. The van der Waals surface area contributed by atoms with Crippen molar-refractivity contribution in [3.05, 3.63) is 45.7 Å². The molecule has 2 rings (SSSR count). The number of hydrogen-bond donors (Lipinski definition) is 1. The van der Waals surface area contributed by atoms with Crippen molar-refractivity contribution in [3.63, 3.8) is 0 Å². The Kier molecular flexibility index (Phi) is 5.42. The molecular formula is C16H21BrN2O2. The molecule has 1 atom stereocenters. The van der Waals surface area contributed by atoms with Gasteiger partial charge in [-0.15, -0.1) is 0 Å². The van der Waals surface area contributed by atoms with Gasteiger partial charge in [0.15, 0.2) is 0 Å². The molecule has 5 heteroatoms. The van der Waals surface area contributed by atoms with Crippen LogP contribution in [-0.2, 0) is 19.4 Å². The van der Waals surface area contributed by atoms with E-state index >= 15 is 0 Å². The molecule has 0 saturated heterocycles. The minimum atomic E-state index is -0.611. The number of rotatable bonds is 6. The molecule has 0 saturated carbocycles. The van der Waals surface area contributed by atoms with E-state index in [1.165, 1.54) is 0 Å². The summed E-state index contributed by atoms with van der Waals surface area (Å²) in [5.41, 5.74) is 2.90. The van der Waals surface area contributed by atoms with E-state index in [-0.39, 0.29) is 0 Å². The normalized spacial score (nSPS) is 12.4. The van der Waals surface area contributed by atoms with Gasteiger partial charge in [-0.05, 0) is 31.5 Å². The van der Waals surface area contributed by atoms with Crippen molar-refractivity contribution < 1.29 is 9.84 Å². The predicted octanol–water partition coefficient (Wildman–Crippen LogP) is 3.51. The molecule has 1 unspecified atom stereocenters. The summed E-state index contributed by atoms with van der Waals surface area (Å²) in [5.74, 6) is 0.690. The Bertz CT molecular complexity index is 610. The van der Waals surface area contributed by atoms with Crippen LogP contribution in [0.4, 0.5) is 0 Å². The molecule has 0 fully saturated rings. The zero-order valence-electron chi connectivity index (χ0n) is 12.6. The zero-order chi connectivity index (χ0) is 15.4. The molecule has 4 nitrogen and oxygen atoms in total. The van der Waals surface area contributed by atoms with Crippen molar-refractivity contribution in [2.75, 3.05) is 7.11 Å². The lowest BCUT2D eigenvalue weighted by molar-refractivity contribution is 0.171. The number of nitrogens with zero attached hydrogens (tertiary/aromatic N) is 2. The van der Waals surface area contributed by atoms with Gasteiger partial charge in [-0.3, -0.25) is 4.68 Å². The minimum Gasteiger partial charge on any atom is -0.496 e. The molecule has 0 amide bonds. The molecule has 114 valence electrons. The lowest BCUT2D eigenvalue weighted by Crippen LogP contribution is -2.09. The van der Waals surface area contributed by atoms with Crippen LogP contribution in [0.3, 0.4) is 0 Å². The van der Waals surface area contributed by atoms with Crippen molar-refractivity contribution in [2.45, 2.75) is 39.3 Å². The highest BCUT2D eigenvalue weighted by molar-refractivity contribution is 9.10. The molecule has 2 aromatic rings. The van der Waals surface area contributed by atoms with Crippen molar-refractivity contribution in [3.8, 4) is 5.75 Å². The first-order chi connectivity index (χ1) is 10.1. The monoisotopic (exact) mass is 352 g/mol. The number of aromatic nitrogens is 2. The summed E-state index contributed by atoms with van der Waals surface area (Å²) in [7, 11) is 1.61. The molecule has 0 radical (unpaired) electrons. The number of benzene rings is 1. The third kappa shape index (κ3) is 3.66. The van der Waals surface area contributed by atoms with E-state index in [0.29, 0.717) is 12.2 Å². The standard InChI is InChI=1S/C16H21BrN2O2/c1-4-12-9-13(19(5-2)18-12)10-15(20)14-7-6-11(17)8-16(14)21-3/h6-9,15,20H,4-5,10H2,1-3H3. The van der Waals surface area contributed by atoms with Crippen molar-refractivity contribution >= 4 is 15.9 Å². The van der Waals surface area contributed by atoms with E-state index in [2.05, 4.69) is 40.9 Å². The van der Waals surface area contributed by atoms with Crippen molar-refractivity contribution in [1.29, 1.82) is 0 Å². The maximum absolute atomic E-state index is 10.5. The van der Waals surface area contributed by atoms with Gasteiger partial charge < -0.3 is 9.84 Å². The first-order valence-corrected chi connectivity index (χ1v) is 7.95. The van der Waals surface area contributed by atoms with Crippen LogP contribution < -0.4 is 4.74 Å². The van der Waals surface area contributed by atoms with Crippen molar-refractivity contribution in [2.24, 2.45) is 0 Å². The van der Waals surface area contributed by atoms with Gasteiger partial charge in [-0.2, -0.15) is 5.10 Å². The van der Waals surface area contributed by atoms with E-state index in [4.69, 9.17) is 4.74 Å². The third-order valence-corrected chi connectivity index (χ3v) is 4.03. The van der Waals surface area contributed by atoms with E-state index in [0.717, 1.165) is 34.4 Å². The largest absolute Gasteiger partial charge is 0.496 e. The Morgan fingerprint density at radius 1 is 1.33 bits per heavy atom. The molecule has 0 aliphatic rings. The van der Waals surface area contributed by atoms with Crippen LogP contribution >= 0.6 is 15.9 Å². The Labute approximate surface area is 133 Å². The third-order valence-electron chi connectivity index (χ3n) is 3.53. The zero-order valence-corrected chi connectivity index (χ0v) is 14.2. The number of halogens is 1. The van der Waals surface area contributed by atoms with Gasteiger partial charge in [0.05, 0.1) is 18.9 Å². The quantitative estimate of drug-likeness (QED) is 0.865. The molecule has 1 aromatic heterocycles. The van der Waals surface area contributed by atoms with Gasteiger partial charge in [-0.1, -0.05) is 28.9 Å². The topological polar surface area (TPSA) is 47.3 Å². The maximum Gasteiger partial charge on any atom is 0.125 e. The van der Waals surface area contributed by atoms with E-state index in [1.807, 2.05) is 22.9 Å². The van der Waals surface area contributed by atoms with Crippen LogP contribution in [0.15, 0.2) is 28.7 Å². The molecule has 1 aromatic carbocycles. The summed E-state index contributed by atoms with van der Waals surface area (Å²) >= 11 is 3.41. The summed E-state index contributed by atoms with van der Waals surface area (Å²) < 4.78 is 8.24. The molecular weight excluding hydrogens is 332 g/mol. The van der Waals surface area contributed by atoms with Gasteiger partial charge in [0.2, 0.25) is 0 Å². The minimum absolute atomic E-state index is 0.527. The predicted molar refractivity (Wildman–Crippen MR) is 86.6 cm³/mol. The fourth-order valence-corrected chi connectivity index (χ4v) is 2.73. The Morgan fingerprint density at radius 3 is 2.71 bits per heavy atom. The highest BCUT2D eigenvalue weighted by Gasteiger charge is 2.17. The van der Waals surface area contributed by atoms with E-state index in [9.17, 15) is 5.11 Å². The summed E-state index contributed by atoms with van der Waals surface area (Å²) in [6, 6.07) is 7.74. The Balaban J connectivity index is 2.25. The summed E-state index contributed by atoms with van der Waals surface area (Å²) in [6.07, 6.45) is 0.816. The molecule has 0 aliphatic heterocycles. The Morgan fingerprint density at radius 2 is 2.10 bits per heavy atom. The van der Waals surface area contributed by atoms with Gasteiger partial charge in [0, 0.05) is 28.7 Å². The van der Waals surface area contributed by atoms with Gasteiger partial charge in [0.1, 0.15) is 5.75 Å². The second-order valence-electron chi connectivity index (χ2n) is 4.90. The van der Waals surface area contributed by atoms with E-state index < -0.39 is 6.10 Å². The summed E-state index contributed by atoms with van der Waals surface area (Å²) in [5, 5.41) is 15.1. The Hall–Kier alpha value is -1.33. The average Bonchev–Trinajstić information content (AvgIpc) is 2.89. The maximum atomic E-state index is 10.5. The van der Waals surface area contributed by atoms with Crippen LogP contribution in [0.2, 0.25) is 0 Å². The van der Waals surface area contributed by atoms with Gasteiger partial charge in [0.25, 0.3) is 0 Å². The molecule has 0 bridgehead atoms. The van der Waals surface area contributed by atoms with Gasteiger partial charge in [-0.25, -0.2) is 0 Å². The molecule has 1 N–H and O–H groups in total. The number of ether oxygens (including phenoxy) is 1. The molecule has 0 aliphatic carbocycles.